The Morgan fingerprint density at radius 2 is 1.92 bits per heavy atom. The Balaban J connectivity index is 2.28. The average molecular weight is 345 g/mol. The maximum absolute atomic E-state index is 12.4. The van der Waals surface area contributed by atoms with Gasteiger partial charge in [-0.2, -0.15) is 5.10 Å². The number of rotatable bonds is 6. The number of hydrogen-bond donors (Lipinski definition) is 3. The summed E-state index contributed by atoms with van der Waals surface area (Å²) in [6.45, 7) is 7.48. The van der Waals surface area contributed by atoms with Crippen molar-refractivity contribution in [1.29, 1.82) is 0 Å². The van der Waals surface area contributed by atoms with E-state index in [2.05, 4.69) is 10.4 Å². The Bertz CT molecular complexity index is 796. The minimum atomic E-state index is -0.984. The molecule has 1 amide bonds. The predicted octanol–water partition coefficient (Wildman–Crippen LogP) is 2.42. The largest absolute Gasteiger partial charge is 0.493 e. The van der Waals surface area contributed by atoms with E-state index in [1.165, 1.54) is 10.7 Å². The molecule has 0 aliphatic heterocycles. The van der Waals surface area contributed by atoms with Crippen LogP contribution in [0.5, 0.6) is 5.88 Å². The lowest BCUT2D eigenvalue weighted by molar-refractivity contribution is -0.137. The molecule has 0 aliphatic rings. The number of amides is 1. The number of carbonyl (C=O) groups excluding carboxylic acids is 1. The fourth-order valence-electron chi connectivity index (χ4n) is 2.49. The van der Waals surface area contributed by atoms with Crippen LogP contribution in [0.15, 0.2) is 24.3 Å². The van der Waals surface area contributed by atoms with Gasteiger partial charge in [0, 0.05) is 12.1 Å². The van der Waals surface area contributed by atoms with Crippen LogP contribution in [-0.4, -0.2) is 37.9 Å². The number of aliphatic carboxylic acids is 1. The fraction of sp³-hybridized carbons (Fsp3) is 0.389. The quantitative estimate of drug-likeness (QED) is 0.746. The average Bonchev–Trinajstić information content (AvgIpc) is 2.90. The minimum Gasteiger partial charge on any atom is -0.493 e. The van der Waals surface area contributed by atoms with Crippen LogP contribution in [0, 0.1) is 19.8 Å². The Labute approximate surface area is 146 Å². The van der Waals surface area contributed by atoms with Gasteiger partial charge in [-0.1, -0.05) is 26.0 Å². The van der Waals surface area contributed by atoms with E-state index in [4.69, 9.17) is 5.11 Å². The lowest BCUT2D eigenvalue weighted by Crippen LogP contribution is -2.40. The van der Waals surface area contributed by atoms with Crippen molar-refractivity contribution in [3.8, 4) is 11.6 Å². The van der Waals surface area contributed by atoms with E-state index in [-0.39, 0.29) is 23.9 Å². The maximum Gasteiger partial charge on any atom is 0.305 e. The predicted molar refractivity (Wildman–Crippen MR) is 93.0 cm³/mol. The van der Waals surface area contributed by atoms with Crippen molar-refractivity contribution in [3.63, 3.8) is 0 Å². The zero-order valence-corrected chi connectivity index (χ0v) is 14.8. The van der Waals surface area contributed by atoms with Gasteiger partial charge < -0.3 is 15.5 Å². The first-order valence-electron chi connectivity index (χ1n) is 8.08. The van der Waals surface area contributed by atoms with Gasteiger partial charge in [-0.05, 0) is 37.0 Å². The molecule has 1 aromatic carbocycles. The number of carboxylic acid groups (broad SMARTS) is 1. The van der Waals surface area contributed by atoms with Gasteiger partial charge in [-0.15, -0.1) is 0 Å². The van der Waals surface area contributed by atoms with Crippen molar-refractivity contribution in [3.05, 3.63) is 41.1 Å². The lowest BCUT2D eigenvalue weighted by atomic mass is 10.0. The third-order valence-electron chi connectivity index (χ3n) is 4.03. The van der Waals surface area contributed by atoms with Gasteiger partial charge >= 0.3 is 5.97 Å². The van der Waals surface area contributed by atoms with Crippen molar-refractivity contribution < 1.29 is 19.8 Å². The first-order valence-corrected chi connectivity index (χ1v) is 8.08. The van der Waals surface area contributed by atoms with Gasteiger partial charge in [0.1, 0.15) is 0 Å². The van der Waals surface area contributed by atoms with Gasteiger partial charge in [0.05, 0.1) is 12.1 Å². The molecule has 7 nitrogen and oxygen atoms in total. The molecule has 0 saturated carbocycles. The molecule has 0 spiro atoms. The van der Waals surface area contributed by atoms with Gasteiger partial charge in [-0.3, -0.25) is 9.59 Å². The van der Waals surface area contributed by atoms with E-state index >= 15 is 0 Å². The highest BCUT2D eigenvalue weighted by molar-refractivity contribution is 5.93. The van der Waals surface area contributed by atoms with Crippen LogP contribution >= 0.6 is 0 Å². The Morgan fingerprint density at radius 3 is 2.52 bits per heavy atom. The first kappa shape index (κ1) is 18.5. The summed E-state index contributed by atoms with van der Waals surface area (Å²) in [4.78, 5) is 23.3. The zero-order valence-electron chi connectivity index (χ0n) is 14.8. The van der Waals surface area contributed by atoms with Gasteiger partial charge in [-0.25, -0.2) is 4.68 Å². The van der Waals surface area contributed by atoms with Crippen molar-refractivity contribution in [2.45, 2.75) is 40.2 Å². The third kappa shape index (κ3) is 4.37. The number of aromatic hydroxyl groups is 1. The highest BCUT2D eigenvalue weighted by Crippen LogP contribution is 2.22. The molecule has 0 radical (unpaired) electrons. The molecule has 134 valence electrons. The number of aryl methyl sites for hydroxylation is 2. The third-order valence-corrected chi connectivity index (χ3v) is 4.03. The van der Waals surface area contributed by atoms with E-state index in [0.29, 0.717) is 5.69 Å². The van der Waals surface area contributed by atoms with E-state index < -0.39 is 17.9 Å². The molecule has 0 saturated heterocycles. The molecule has 7 heteroatoms. The van der Waals surface area contributed by atoms with Crippen LogP contribution in [-0.2, 0) is 4.79 Å². The van der Waals surface area contributed by atoms with Gasteiger partial charge in [0.15, 0.2) is 5.69 Å². The monoisotopic (exact) mass is 345 g/mol. The second-order valence-electron chi connectivity index (χ2n) is 6.51. The van der Waals surface area contributed by atoms with Crippen LogP contribution in [0.3, 0.4) is 0 Å². The molecule has 3 N–H and O–H groups in total. The Morgan fingerprint density at radius 1 is 1.24 bits per heavy atom. The number of aromatic nitrogens is 2. The number of carbonyl (C=O) groups is 2. The summed E-state index contributed by atoms with van der Waals surface area (Å²) in [6, 6.07) is 6.48. The van der Waals surface area contributed by atoms with E-state index in [1.807, 2.05) is 45.9 Å². The molecule has 0 aliphatic carbocycles. The number of benzene rings is 1. The molecule has 0 bridgehead atoms. The van der Waals surface area contributed by atoms with E-state index in [0.717, 1.165) is 11.1 Å². The second kappa shape index (κ2) is 7.38. The molecule has 1 unspecified atom stereocenters. The van der Waals surface area contributed by atoms with E-state index in [9.17, 15) is 14.7 Å². The first-order chi connectivity index (χ1) is 11.7. The number of nitrogens with zero attached hydrogens (tertiary/aromatic N) is 2. The maximum atomic E-state index is 12.4. The minimum absolute atomic E-state index is 0.0365. The molecule has 1 atom stereocenters. The van der Waals surface area contributed by atoms with Crippen LogP contribution in [0.4, 0.5) is 0 Å². The molecule has 1 aromatic heterocycles. The summed E-state index contributed by atoms with van der Waals surface area (Å²) >= 11 is 0. The van der Waals surface area contributed by atoms with Crippen molar-refractivity contribution in [2.75, 3.05) is 0 Å². The molecular weight excluding hydrogens is 322 g/mol. The summed E-state index contributed by atoms with van der Waals surface area (Å²) in [5.41, 5.74) is 2.63. The Kier molecular flexibility index (Phi) is 5.46. The van der Waals surface area contributed by atoms with Crippen LogP contribution in [0.25, 0.3) is 5.69 Å². The number of hydrogen-bond acceptors (Lipinski definition) is 4. The van der Waals surface area contributed by atoms with Crippen molar-refractivity contribution in [1.82, 2.24) is 15.1 Å². The molecular formula is C18H23N3O4. The highest BCUT2D eigenvalue weighted by atomic mass is 16.4. The molecule has 25 heavy (non-hydrogen) atoms. The summed E-state index contributed by atoms with van der Waals surface area (Å²) in [6.07, 6.45) is -0.174. The van der Waals surface area contributed by atoms with Gasteiger partial charge in [0.2, 0.25) is 5.88 Å². The SMILES string of the molecule is Cc1ccc(C)c(-n2nc(C(=O)NC(CC(=O)O)C(C)C)cc2O)c1. The zero-order chi connectivity index (χ0) is 18.7. The summed E-state index contributed by atoms with van der Waals surface area (Å²) in [5.74, 6) is -1.70. The van der Waals surface area contributed by atoms with Crippen LogP contribution in [0.1, 0.15) is 41.9 Å². The van der Waals surface area contributed by atoms with Crippen LogP contribution < -0.4 is 5.32 Å². The summed E-state index contributed by atoms with van der Waals surface area (Å²) in [7, 11) is 0. The molecule has 2 aromatic rings. The lowest BCUT2D eigenvalue weighted by Gasteiger charge is -2.19. The standard InChI is InChI=1S/C18H23N3O4/c1-10(2)13(9-17(23)24)19-18(25)14-8-16(22)21(20-14)15-7-11(3)5-6-12(15)4/h5-8,10,13,22H,9H2,1-4H3,(H,19,25)(H,23,24). The fourth-order valence-corrected chi connectivity index (χ4v) is 2.49. The van der Waals surface area contributed by atoms with Crippen molar-refractivity contribution >= 4 is 11.9 Å². The topological polar surface area (TPSA) is 104 Å². The molecule has 0 fully saturated rings. The second-order valence-corrected chi connectivity index (χ2v) is 6.51. The summed E-state index contributed by atoms with van der Waals surface area (Å²) in [5, 5.41) is 26.0. The Hall–Kier alpha value is -2.83. The van der Waals surface area contributed by atoms with Crippen molar-refractivity contribution in [2.24, 2.45) is 5.92 Å². The molecule has 1 heterocycles. The smallest absolute Gasteiger partial charge is 0.305 e. The van der Waals surface area contributed by atoms with Crippen LogP contribution in [0.2, 0.25) is 0 Å². The van der Waals surface area contributed by atoms with E-state index in [1.54, 1.807) is 0 Å². The summed E-state index contributed by atoms with van der Waals surface area (Å²) < 4.78 is 1.30. The molecule has 2 rings (SSSR count). The number of carboxylic acids is 1. The normalized spacial score (nSPS) is 12.2. The van der Waals surface area contributed by atoms with Gasteiger partial charge in [0.25, 0.3) is 5.91 Å². The highest BCUT2D eigenvalue weighted by Gasteiger charge is 2.23. The number of nitrogens with one attached hydrogen (secondary N) is 1.